The SMILES string of the molecule is COC1CCC1CS(=O)(=O)Cl. The van der Waals surface area contributed by atoms with Crippen LogP contribution in [0.4, 0.5) is 0 Å². The molecule has 1 saturated carbocycles. The molecule has 2 atom stereocenters. The van der Waals surface area contributed by atoms with Crippen LogP contribution in [0.1, 0.15) is 12.8 Å². The molecule has 0 radical (unpaired) electrons. The van der Waals surface area contributed by atoms with Crippen LogP contribution in [0.2, 0.25) is 0 Å². The van der Waals surface area contributed by atoms with E-state index in [0.717, 1.165) is 12.8 Å². The van der Waals surface area contributed by atoms with Crippen LogP contribution in [0.3, 0.4) is 0 Å². The van der Waals surface area contributed by atoms with E-state index in [4.69, 9.17) is 15.4 Å². The second kappa shape index (κ2) is 3.29. The van der Waals surface area contributed by atoms with Crippen molar-refractivity contribution in [1.82, 2.24) is 0 Å². The Hall–Kier alpha value is 0.200. The fraction of sp³-hybridized carbons (Fsp3) is 1.00. The molecule has 3 nitrogen and oxygen atoms in total. The van der Waals surface area contributed by atoms with Crippen LogP contribution < -0.4 is 0 Å². The fourth-order valence-corrected chi connectivity index (χ4v) is 2.67. The highest BCUT2D eigenvalue weighted by Crippen LogP contribution is 2.31. The molecule has 0 bridgehead atoms. The van der Waals surface area contributed by atoms with Gasteiger partial charge in [-0.3, -0.25) is 0 Å². The van der Waals surface area contributed by atoms with Crippen LogP contribution in [0, 0.1) is 5.92 Å². The zero-order valence-electron chi connectivity index (χ0n) is 6.29. The zero-order chi connectivity index (χ0) is 8.48. The van der Waals surface area contributed by atoms with Crippen molar-refractivity contribution in [3.8, 4) is 0 Å². The zero-order valence-corrected chi connectivity index (χ0v) is 7.86. The van der Waals surface area contributed by atoms with Crippen LogP contribution in [-0.2, 0) is 13.8 Å². The third-order valence-corrected chi connectivity index (χ3v) is 3.27. The van der Waals surface area contributed by atoms with E-state index in [2.05, 4.69) is 0 Å². The van der Waals surface area contributed by atoms with Gasteiger partial charge in [0.2, 0.25) is 9.05 Å². The normalized spacial score (nSPS) is 31.5. The van der Waals surface area contributed by atoms with Crippen LogP contribution in [0.15, 0.2) is 0 Å². The Bertz CT molecular complexity index is 222. The molecule has 0 aromatic heterocycles. The summed E-state index contributed by atoms with van der Waals surface area (Å²) in [6, 6.07) is 0. The third kappa shape index (κ3) is 2.61. The van der Waals surface area contributed by atoms with Gasteiger partial charge in [0.25, 0.3) is 0 Å². The van der Waals surface area contributed by atoms with Gasteiger partial charge >= 0.3 is 0 Å². The second-order valence-corrected chi connectivity index (χ2v) is 5.64. The molecule has 0 N–H and O–H groups in total. The first kappa shape index (κ1) is 9.29. The van der Waals surface area contributed by atoms with Gasteiger partial charge in [-0.1, -0.05) is 0 Å². The lowest BCUT2D eigenvalue weighted by atomic mass is 9.83. The highest BCUT2D eigenvalue weighted by molar-refractivity contribution is 8.13. The summed E-state index contributed by atoms with van der Waals surface area (Å²) in [5, 5.41) is 0. The van der Waals surface area contributed by atoms with E-state index < -0.39 is 9.05 Å². The molecule has 0 heterocycles. The summed E-state index contributed by atoms with van der Waals surface area (Å²) in [6.45, 7) is 0. The van der Waals surface area contributed by atoms with Gasteiger partial charge in [-0.05, 0) is 12.8 Å². The molecular formula is C6H11ClO3S. The maximum Gasteiger partial charge on any atom is 0.232 e. The molecule has 11 heavy (non-hydrogen) atoms. The van der Waals surface area contributed by atoms with Crippen molar-refractivity contribution in [3.63, 3.8) is 0 Å². The Balaban J connectivity index is 2.40. The Labute approximate surface area is 71.1 Å². The van der Waals surface area contributed by atoms with Gasteiger partial charge in [-0.2, -0.15) is 0 Å². The summed E-state index contributed by atoms with van der Waals surface area (Å²) in [5.74, 6) is 0.162. The molecule has 0 spiro atoms. The first-order valence-corrected chi connectivity index (χ1v) is 5.96. The molecule has 66 valence electrons. The van der Waals surface area contributed by atoms with Crippen molar-refractivity contribution in [3.05, 3.63) is 0 Å². The maximum atomic E-state index is 10.6. The summed E-state index contributed by atoms with van der Waals surface area (Å²) in [4.78, 5) is 0. The number of halogens is 1. The number of methoxy groups -OCH3 is 1. The van der Waals surface area contributed by atoms with Crippen molar-refractivity contribution in [2.45, 2.75) is 18.9 Å². The van der Waals surface area contributed by atoms with Crippen molar-refractivity contribution >= 4 is 19.7 Å². The lowest BCUT2D eigenvalue weighted by Gasteiger charge is -2.34. The molecule has 0 saturated heterocycles. The van der Waals surface area contributed by atoms with Crippen molar-refractivity contribution in [2.24, 2.45) is 5.92 Å². The molecule has 0 aromatic carbocycles. The Kier molecular flexibility index (Phi) is 2.78. The van der Waals surface area contributed by atoms with Gasteiger partial charge in [0.05, 0.1) is 11.9 Å². The first-order chi connectivity index (χ1) is 5.03. The van der Waals surface area contributed by atoms with E-state index >= 15 is 0 Å². The smallest absolute Gasteiger partial charge is 0.232 e. The van der Waals surface area contributed by atoms with E-state index in [-0.39, 0.29) is 17.8 Å². The van der Waals surface area contributed by atoms with Crippen molar-refractivity contribution in [1.29, 1.82) is 0 Å². The predicted molar refractivity (Wildman–Crippen MR) is 43.2 cm³/mol. The largest absolute Gasteiger partial charge is 0.381 e. The number of hydrogen-bond donors (Lipinski definition) is 0. The van der Waals surface area contributed by atoms with Gasteiger partial charge in [-0.25, -0.2) is 8.42 Å². The molecule has 0 aromatic rings. The third-order valence-electron chi connectivity index (χ3n) is 2.06. The molecule has 1 rings (SSSR count). The standard InChI is InChI=1S/C6H11ClO3S/c1-10-6-3-2-5(6)4-11(7,8)9/h5-6H,2-4H2,1H3. The molecule has 1 aliphatic rings. The molecule has 0 aliphatic heterocycles. The highest BCUT2D eigenvalue weighted by Gasteiger charge is 2.33. The van der Waals surface area contributed by atoms with Gasteiger partial charge in [-0.15, -0.1) is 0 Å². The van der Waals surface area contributed by atoms with E-state index in [1.807, 2.05) is 0 Å². The summed E-state index contributed by atoms with van der Waals surface area (Å²) >= 11 is 0. The molecular weight excluding hydrogens is 188 g/mol. The second-order valence-electron chi connectivity index (χ2n) is 2.82. The minimum absolute atomic E-state index is 0.0487. The molecule has 5 heteroatoms. The van der Waals surface area contributed by atoms with Crippen LogP contribution in [0.5, 0.6) is 0 Å². The van der Waals surface area contributed by atoms with Gasteiger partial charge < -0.3 is 4.74 Å². The van der Waals surface area contributed by atoms with Gasteiger partial charge in [0.1, 0.15) is 0 Å². The lowest BCUT2D eigenvalue weighted by molar-refractivity contribution is -0.00600. The van der Waals surface area contributed by atoms with Crippen molar-refractivity contribution < 1.29 is 13.2 Å². The summed E-state index contributed by atoms with van der Waals surface area (Å²) in [6.07, 6.45) is 1.96. The topological polar surface area (TPSA) is 43.4 Å². The van der Waals surface area contributed by atoms with Crippen molar-refractivity contribution in [2.75, 3.05) is 12.9 Å². The number of ether oxygens (including phenoxy) is 1. The Morgan fingerprint density at radius 3 is 2.45 bits per heavy atom. The number of rotatable bonds is 3. The monoisotopic (exact) mass is 198 g/mol. The average Bonchev–Trinajstić information content (AvgIpc) is 1.80. The summed E-state index contributed by atoms with van der Waals surface area (Å²) in [5.41, 5.74) is 0. The fourth-order valence-electron chi connectivity index (χ4n) is 1.30. The lowest BCUT2D eigenvalue weighted by Crippen LogP contribution is -2.37. The summed E-state index contributed by atoms with van der Waals surface area (Å²) < 4.78 is 26.2. The van der Waals surface area contributed by atoms with Crippen LogP contribution in [0.25, 0.3) is 0 Å². The van der Waals surface area contributed by atoms with Gasteiger partial charge in [0.15, 0.2) is 0 Å². The first-order valence-electron chi connectivity index (χ1n) is 3.48. The van der Waals surface area contributed by atoms with E-state index in [1.165, 1.54) is 0 Å². The van der Waals surface area contributed by atoms with E-state index in [0.29, 0.717) is 0 Å². The van der Waals surface area contributed by atoms with E-state index in [9.17, 15) is 8.42 Å². The van der Waals surface area contributed by atoms with Crippen LogP contribution >= 0.6 is 10.7 Å². The van der Waals surface area contributed by atoms with Gasteiger partial charge in [0, 0.05) is 23.7 Å². The minimum Gasteiger partial charge on any atom is -0.381 e. The summed E-state index contributed by atoms with van der Waals surface area (Å²) in [7, 11) is 3.34. The highest BCUT2D eigenvalue weighted by atomic mass is 35.7. The average molecular weight is 199 g/mol. The number of hydrogen-bond acceptors (Lipinski definition) is 3. The minimum atomic E-state index is -3.33. The predicted octanol–water partition coefficient (Wildman–Crippen LogP) is 0.980. The molecule has 1 aliphatic carbocycles. The molecule has 1 fully saturated rings. The molecule has 2 unspecified atom stereocenters. The van der Waals surface area contributed by atoms with E-state index in [1.54, 1.807) is 7.11 Å². The molecule has 0 amide bonds. The Morgan fingerprint density at radius 2 is 2.18 bits per heavy atom. The maximum absolute atomic E-state index is 10.6. The van der Waals surface area contributed by atoms with Crippen LogP contribution in [-0.4, -0.2) is 27.4 Å². The quantitative estimate of drug-likeness (QED) is 0.635. The Morgan fingerprint density at radius 1 is 1.55 bits per heavy atom.